The first-order chi connectivity index (χ1) is 21.3. The highest BCUT2D eigenvalue weighted by molar-refractivity contribution is 7.12. The molecule has 1 unspecified atom stereocenters. The Balaban J connectivity index is 1.41. The third-order valence-corrected chi connectivity index (χ3v) is 9.13. The molecule has 5 nitrogen and oxygen atoms in total. The largest absolute Gasteiger partial charge is 0.310 e. The van der Waals surface area contributed by atoms with Crippen molar-refractivity contribution in [1.29, 1.82) is 0 Å². The predicted molar refractivity (Wildman–Crippen MR) is 180 cm³/mol. The molecular weight excluding hydrogens is 547 g/mol. The molecule has 8 aromatic rings. The number of rotatable bonds is 3. The molecule has 6 heteroatoms. The number of amidine groups is 1. The summed E-state index contributed by atoms with van der Waals surface area (Å²) in [4.78, 5) is 10.4. The van der Waals surface area contributed by atoms with Gasteiger partial charge in [0, 0.05) is 27.1 Å². The maximum Gasteiger partial charge on any atom is 0.211 e. The SMILES string of the molecule is c1ccc(C2=NC(c3ccccc3)N=C(n3c4ccccc4c4ccc5c6ccccc6n(-c6cccs6)c5c43)N2)cc1. The summed E-state index contributed by atoms with van der Waals surface area (Å²) in [6.07, 6.45) is -0.383. The molecule has 1 N–H and O–H groups in total. The van der Waals surface area contributed by atoms with Crippen molar-refractivity contribution in [2.45, 2.75) is 6.17 Å². The zero-order valence-corrected chi connectivity index (χ0v) is 23.9. The van der Waals surface area contributed by atoms with Crippen LogP contribution in [-0.4, -0.2) is 20.9 Å². The Hall–Kier alpha value is -5.46. The number of aliphatic imine (C=N–C) groups is 2. The van der Waals surface area contributed by atoms with Crippen molar-refractivity contribution in [2.75, 3.05) is 0 Å². The van der Waals surface area contributed by atoms with Gasteiger partial charge in [-0.2, -0.15) is 0 Å². The summed E-state index contributed by atoms with van der Waals surface area (Å²) in [5.41, 5.74) is 6.65. The molecule has 0 radical (unpaired) electrons. The average Bonchev–Trinajstić information content (AvgIpc) is 3.80. The van der Waals surface area contributed by atoms with Crippen LogP contribution in [0.1, 0.15) is 17.3 Å². The van der Waals surface area contributed by atoms with E-state index in [-0.39, 0.29) is 6.17 Å². The molecule has 3 aromatic heterocycles. The maximum atomic E-state index is 5.30. The van der Waals surface area contributed by atoms with Crippen LogP contribution in [-0.2, 0) is 0 Å². The fraction of sp³-hybridized carbons (Fsp3) is 0.0270. The van der Waals surface area contributed by atoms with Crippen LogP contribution >= 0.6 is 11.3 Å². The molecule has 0 amide bonds. The molecule has 0 fully saturated rings. The Labute approximate surface area is 251 Å². The van der Waals surface area contributed by atoms with Crippen LogP contribution in [0.2, 0.25) is 0 Å². The second-order valence-electron chi connectivity index (χ2n) is 10.7. The second-order valence-corrected chi connectivity index (χ2v) is 11.6. The molecule has 1 atom stereocenters. The Morgan fingerprint density at radius 3 is 1.81 bits per heavy atom. The summed E-state index contributed by atoms with van der Waals surface area (Å²) in [5, 5.41) is 11.8. The van der Waals surface area contributed by atoms with Crippen LogP contribution in [0.5, 0.6) is 0 Å². The molecule has 1 aliphatic heterocycles. The van der Waals surface area contributed by atoms with E-state index < -0.39 is 0 Å². The molecule has 4 heterocycles. The average molecular weight is 572 g/mol. The van der Waals surface area contributed by atoms with Crippen LogP contribution in [0.15, 0.2) is 149 Å². The van der Waals surface area contributed by atoms with Crippen LogP contribution in [0.4, 0.5) is 0 Å². The molecule has 1 aliphatic rings. The van der Waals surface area contributed by atoms with Gasteiger partial charge in [-0.15, -0.1) is 11.3 Å². The zero-order chi connectivity index (χ0) is 28.3. The highest BCUT2D eigenvalue weighted by atomic mass is 32.1. The van der Waals surface area contributed by atoms with E-state index in [1.807, 2.05) is 36.4 Å². The van der Waals surface area contributed by atoms with Gasteiger partial charge in [0.2, 0.25) is 5.96 Å². The lowest BCUT2D eigenvalue weighted by atomic mass is 10.1. The van der Waals surface area contributed by atoms with E-state index in [4.69, 9.17) is 9.98 Å². The number of fused-ring (bicyclic) bond motifs is 7. The second kappa shape index (κ2) is 9.54. The summed E-state index contributed by atoms with van der Waals surface area (Å²) in [6, 6.07) is 46.8. The third kappa shape index (κ3) is 3.70. The number of hydrogen-bond donors (Lipinski definition) is 1. The summed E-state index contributed by atoms with van der Waals surface area (Å²) in [5.74, 6) is 1.56. The molecule has 0 saturated carbocycles. The standard InChI is InChI=1S/C37H25N5S/c1-3-12-24(13-4-1)35-38-36(25-14-5-2-6-15-25)40-37(39-35)42-31-19-10-8-17-27(31)29-22-21-28-26-16-7-9-18-30(26)41(33(28)34(29)42)32-20-11-23-43-32/h1-23,35H,(H,38,39,40). The van der Waals surface area contributed by atoms with Gasteiger partial charge in [-0.3, -0.25) is 9.13 Å². The first kappa shape index (κ1) is 24.2. The number of nitrogens with one attached hydrogen (secondary N) is 1. The Bertz CT molecular complexity index is 2360. The minimum absolute atomic E-state index is 0.383. The lowest BCUT2D eigenvalue weighted by Crippen LogP contribution is -2.39. The minimum Gasteiger partial charge on any atom is -0.310 e. The lowest BCUT2D eigenvalue weighted by molar-refractivity contribution is 0.745. The van der Waals surface area contributed by atoms with Gasteiger partial charge >= 0.3 is 0 Å². The Morgan fingerprint density at radius 1 is 0.535 bits per heavy atom. The molecule has 0 bridgehead atoms. The Kier molecular flexibility index (Phi) is 5.36. The van der Waals surface area contributed by atoms with Gasteiger partial charge < -0.3 is 5.32 Å². The van der Waals surface area contributed by atoms with E-state index >= 15 is 0 Å². The van der Waals surface area contributed by atoms with Crippen LogP contribution in [0, 0.1) is 0 Å². The summed E-state index contributed by atoms with van der Waals surface area (Å²) in [7, 11) is 0. The van der Waals surface area contributed by atoms with Gasteiger partial charge in [0.05, 0.1) is 22.1 Å². The summed E-state index contributed by atoms with van der Waals surface area (Å²) in [6.45, 7) is 0. The highest BCUT2D eigenvalue weighted by Crippen LogP contribution is 2.41. The van der Waals surface area contributed by atoms with Gasteiger partial charge in [0.15, 0.2) is 6.17 Å². The van der Waals surface area contributed by atoms with Gasteiger partial charge in [-0.25, -0.2) is 9.98 Å². The van der Waals surface area contributed by atoms with Crippen LogP contribution in [0.25, 0.3) is 48.6 Å². The molecule has 204 valence electrons. The number of nitrogens with zero attached hydrogens (tertiary/aromatic N) is 4. The molecule has 43 heavy (non-hydrogen) atoms. The minimum atomic E-state index is -0.383. The van der Waals surface area contributed by atoms with Crippen molar-refractivity contribution < 1.29 is 0 Å². The smallest absolute Gasteiger partial charge is 0.211 e. The summed E-state index contributed by atoms with van der Waals surface area (Å²) >= 11 is 1.75. The van der Waals surface area contributed by atoms with Crippen molar-refractivity contribution in [3.05, 3.63) is 150 Å². The number of hydrogen-bond acceptors (Lipinski definition) is 4. The van der Waals surface area contributed by atoms with Gasteiger partial charge in [0.1, 0.15) is 10.8 Å². The van der Waals surface area contributed by atoms with E-state index in [0.29, 0.717) is 0 Å². The molecule has 9 rings (SSSR count). The third-order valence-electron chi connectivity index (χ3n) is 8.28. The molecular formula is C37H25N5S. The first-order valence-corrected chi connectivity index (χ1v) is 15.3. The van der Waals surface area contributed by atoms with E-state index in [1.54, 1.807) is 11.3 Å². The van der Waals surface area contributed by atoms with E-state index in [9.17, 15) is 0 Å². The van der Waals surface area contributed by atoms with E-state index in [0.717, 1.165) is 34.0 Å². The number of para-hydroxylation sites is 2. The monoisotopic (exact) mass is 571 g/mol. The van der Waals surface area contributed by atoms with Gasteiger partial charge in [-0.05, 0) is 35.2 Å². The Morgan fingerprint density at radius 2 is 1.14 bits per heavy atom. The topological polar surface area (TPSA) is 46.6 Å². The van der Waals surface area contributed by atoms with Crippen molar-refractivity contribution >= 4 is 66.7 Å². The molecule has 0 saturated heterocycles. The van der Waals surface area contributed by atoms with E-state index in [2.05, 4.69) is 117 Å². The van der Waals surface area contributed by atoms with Crippen molar-refractivity contribution in [1.82, 2.24) is 14.5 Å². The van der Waals surface area contributed by atoms with E-state index in [1.165, 1.54) is 37.6 Å². The molecule has 5 aromatic carbocycles. The molecule has 0 aliphatic carbocycles. The zero-order valence-electron chi connectivity index (χ0n) is 23.1. The predicted octanol–water partition coefficient (Wildman–Crippen LogP) is 8.91. The molecule has 0 spiro atoms. The van der Waals surface area contributed by atoms with Crippen LogP contribution < -0.4 is 5.32 Å². The lowest BCUT2D eigenvalue weighted by Gasteiger charge is -2.23. The van der Waals surface area contributed by atoms with Gasteiger partial charge in [0.25, 0.3) is 0 Å². The van der Waals surface area contributed by atoms with Crippen LogP contribution in [0.3, 0.4) is 0 Å². The first-order valence-electron chi connectivity index (χ1n) is 14.4. The highest BCUT2D eigenvalue weighted by Gasteiger charge is 2.26. The maximum absolute atomic E-state index is 5.30. The van der Waals surface area contributed by atoms with Crippen molar-refractivity contribution in [2.24, 2.45) is 9.98 Å². The summed E-state index contributed by atoms with van der Waals surface area (Å²) < 4.78 is 4.72. The number of benzene rings is 5. The van der Waals surface area contributed by atoms with Crippen molar-refractivity contribution in [3.63, 3.8) is 0 Å². The normalized spacial score (nSPS) is 15.2. The van der Waals surface area contributed by atoms with Gasteiger partial charge in [-0.1, -0.05) is 109 Å². The number of aromatic nitrogens is 2. The number of thiophene rings is 1. The quantitative estimate of drug-likeness (QED) is 0.226. The van der Waals surface area contributed by atoms with Crippen molar-refractivity contribution in [3.8, 4) is 5.00 Å². The fourth-order valence-electron chi connectivity index (χ4n) is 6.41. The fourth-order valence-corrected chi connectivity index (χ4v) is 7.16.